The fourth-order valence-electron chi connectivity index (χ4n) is 3.17. The summed E-state index contributed by atoms with van der Waals surface area (Å²) in [6.07, 6.45) is 1.71. The molecule has 2 aromatic heterocycles. The zero-order chi connectivity index (χ0) is 18.1. The molecule has 0 saturated carbocycles. The lowest BCUT2D eigenvalue weighted by molar-refractivity contribution is 0.841. The van der Waals surface area contributed by atoms with E-state index in [1.54, 1.807) is 6.07 Å². The fraction of sp³-hybridized carbons (Fsp3) is 0.143. The Labute approximate surface area is 156 Å². The van der Waals surface area contributed by atoms with Crippen LogP contribution in [0.15, 0.2) is 65.5 Å². The molecule has 4 rings (SSSR count). The Hall–Kier alpha value is -2.85. The summed E-state index contributed by atoms with van der Waals surface area (Å²) in [7, 11) is 0. The Kier molecular flexibility index (Phi) is 4.35. The molecular formula is C21H18ClN3O. The van der Waals surface area contributed by atoms with Crippen LogP contribution < -0.4 is 5.56 Å². The van der Waals surface area contributed by atoms with Gasteiger partial charge in [0.2, 0.25) is 0 Å². The molecule has 0 radical (unpaired) electrons. The summed E-state index contributed by atoms with van der Waals surface area (Å²) < 4.78 is 1.52. The van der Waals surface area contributed by atoms with E-state index in [1.165, 1.54) is 4.52 Å². The van der Waals surface area contributed by atoms with E-state index in [9.17, 15) is 4.79 Å². The number of hydrogen-bond acceptors (Lipinski definition) is 2. The van der Waals surface area contributed by atoms with Gasteiger partial charge in [-0.1, -0.05) is 67.4 Å². The zero-order valence-electron chi connectivity index (χ0n) is 14.4. The SMILES string of the molecule is CCCc1cc(=O)n2[nH]c(-c3ccccc3)c(-c3ccc(Cl)cc3)c2n1. The Morgan fingerprint density at radius 2 is 1.77 bits per heavy atom. The summed E-state index contributed by atoms with van der Waals surface area (Å²) >= 11 is 6.06. The van der Waals surface area contributed by atoms with Gasteiger partial charge < -0.3 is 0 Å². The smallest absolute Gasteiger partial charge is 0.272 e. The number of nitrogens with zero attached hydrogens (tertiary/aromatic N) is 2. The zero-order valence-corrected chi connectivity index (χ0v) is 15.1. The molecule has 0 bridgehead atoms. The third-order valence-corrected chi connectivity index (χ3v) is 4.62. The summed E-state index contributed by atoms with van der Waals surface area (Å²) in [6, 6.07) is 19.2. The summed E-state index contributed by atoms with van der Waals surface area (Å²) in [5.74, 6) is 0. The maximum absolute atomic E-state index is 12.6. The van der Waals surface area contributed by atoms with Gasteiger partial charge in [0.15, 0.2) is 5.65 Å². The van der Waals surface area contributed by atoms with Gasteiger partial charge in [0.1, 0.15) is 0 Å². The van der Waals surface area contributed by atoms with Crippen molar-refractivity contribution >= 4 is 17.2 Å². The van der Waals surface area contributed by atoms with Gasteiger partial charge in [-0.2, -0.15) is 0 Å². The van der Waals surface area contributed by atoms with Crippen LogP contribution in [0.3, 0.4) is 0 Å². The number of benzene rings is 2. The van der Waals surface area contributed by atoms with Crippen molar-refractivity contribution in [3.05, 3.63) is 81.7 Å². The molecule has 1 N–H and O–H groups in total. The van der Waals surface area contributed by atoms with Gasteiger partial charge in [0.25, 0.3) is 5.56 Å². The van der Waals surface area contributed by atoms with E-state index in [0.717, 1.165) is 40.9 Å². The van der Waals surface area contributed by atoms with Gasteiger partial charge in [-0.25, -0.2) is 9.50 Å². The highest BCUT2D eigenvalue weighted by atomic mass is 35.5. The highest BCUT2D eigenvalue weighted by Crippen LogP contribution is 2.34. The molecule has 0 aliphatic heterocycles. The van der Waals surface area contributed by atoms with Gasteiger partial charge in [-0.15, -0.1) is 0 Å². The van der Waals surface area contributed by atoms with Crippen LogP contribution in [0, 0.1) is 0 Å². The topological polar surface area (TPSA) is 50.2 Å². The number of halogens is 1. The third-order valence-electron chi connectivity index (χ3n) is 4.37. The predicted octanol–water partition coefficient (Wildman–Crippen LogP) is 4.96. The van der Waals surface area contributed by atoms with E-state index < -0.39 is 0 Å². The number of H-pyrrole nitrogens is 1. The van der Waals surface area contributed by atoms with E-state index in [0.29, 0.717) is 10.7 Å². The molecule has 0 spiro atoms. The van der Waals surface area contributed by atoms with Crippen LogP contribution in [-0.2, 0) is 6.42 Å². The average molecular weight is 364 g/mol. The van der Waals surface area contributed by atoms with Crippen molar-refractivity contribution in [2.24, 2.45) is 0 Å². The van der Waals surface area contributed by atoms with E-state index in [4.69, 9.17) is 16.6 Å². The molecule has 130 valence electrons. The standard InChI is InChI=1S/C21H18ClN3O/c1-2-6-17-13-18(26)25-21(23-17)19(14-9-11-16(22)12-10-14)20(24-25)15-7-4-3-5-8-15/h3-5,7-13,24H,2,6H2,1H3. The Bertz CT molecular complexity index is 1110. The number of aryl methyl sites for hydroxylation is 1. The second-order valence-corrected chi connectivity index (χ2v) is 6.67. The van der Waals surface area contributed by atoms with E-state index >= 15 is 0 Å². The molecule has 2 aromatic carbocycles. The highest BCUT2D eigenvalue weighted by Gasteiger charge is 2.18. The molecule has 26 heavy (non-hydrogen) atoms. The molecule has 2 heterocycles. The van der Waals surface area contributed by atoms with Gasteiger partial charge >= 0.3 is 0 Å². The van der Waals surface area contributed by atoms with Gasteiger partial charge in [0, 0.05) is 22.3 Å². The van der Waals surface area contributed by atoms with Gasteiger partial charge in [-0.05, 0) is 24.1 Å². The molecule has 0 atom stereocenters. The minimum Gasteiger partial charge on any atom is -0.288 e. The van der Waals surface area contributed by atoms with Gasteiger partial charge in [0.05, 0.1) is 11.3 Å². The number of hydrogen-bond donors (Lipinski definition) is 1. The number of aromatic amines is 1. The lowest BCUT2D eigenvalue weighted by atomic mass is 10.0. The van der Waals surface area contributed by atoms with Crippen molar-refractivity contribution in [1.29, 1.82) is 0 Å². The summed E-state index contributed by atoms with van der Waals surface area (Å²) in [4.78, 5) is 17.4. The van der Waals surface area contributed by atoms with Crippen molar-refractivity contribution in [2.45, 2.75) is 19.8 Å². The van der Waals surface area contributed by atoms with Crippen molar-refractivity contribution in [3.63, 3.8) is 0 Å². The molecular weight excluding hydrogens is 346 g/mol. The number of rotatable bonds is 4. The van der Waals surface area contributed by atoms with Crippen LogP contribution in [0.25, 0.3) is 28.0 Å². The van der Waals surface area contributed by atoms with Crippen molar-refractivity contribution < 1.29 is 0 Å². The second-order valence-electron chi connectivity index (χ2n) is 6.23. The monoisotopic (exact) mass is 363 g/mol. The average Bonchev–Trinajstić information content (AvgIpc) is 3.03. The summed E-state index contributed by atoms with van der Waals surface area (Å²) in [5, 5.41) is 3.91. The van der Waals surface area contributed by atoms with Crippen LogP contribution in [-0.4, -0.2) is 14.6 Å². The third kappa shape index (κ3) is 2.93. The highest BCUT2D eigenvalue weighted by molar-refractivity contribution is 6.30. The maximum atomic E-state index is 12.6. The number of aromatic nitrogens is 3. The fourth-order valence-corrected chi connectivity index (χ4v) is 3.30. The second kappa shape index (κ2) is 6.81. The number of nitrogens with one attached hydrogen (secondary N) is 1. The molecule has 0 aliphatic carbocycles. The molecule has 4 aromatic rings. The Balaban J connectivity index is 2.07. The van der Waals surface area contributed by atoms with Crippen molar-refractivity contribution in [2.75, 3.05) is 0 Å². The molecule has 0 fully saturated rings. The first-order valence-electron chi connectivity index (χ1n) is 8.63. The van der Waals surface area contributed by atoms with Crippen LogP contribution in [0.5, 0.6) is 0 Å². The van der Waals surface area contributed by atoms with Crippen LogP contribution in [0.1, 0.15) is 19.0 Å². The normalized spacial score (nSPS) is 11.2. The van der Waals surface area contributed by atoms with E-state index in [1.807, 2.05) is 54.6 Å². The largest absolute Gasteiger partial charge is 0.288 e. The molecule has 4 nitrogen and oxygen atoms in total. The minimum atomic E-state index is -0.101. The van der Waals surface area contributed by atoms with Crippen molar-refractivity contribution in [3.8, 4) is 22.4 Å². The van der Waals surface area contributed by atoms with Gasteiger partial charge in [-0.3, -0.25) is 9.89 Å². The Morgan fingerprint density at radius 1 is 1.04 bits per heavy atom. The lowest BCUT2D eigenvalue weighted by Gasteiger charge is -2.05. The van der Waals surface area contributed by atoms with Crippen LogP contribution in [0.4, 0.5) is 0 Å². The molecule has 0 aliphatic rings. The molecule has 0 amide bonds. The quantitative estimate of drug-likeness (QED) is 0.557. The molecule has 0 saturated heterocycles. The summed E-state index contributed by atoms with van der Waals surface area (Å²) in [5.41, 5.74) is 5.09. The van der Waals surface area contributed by atoms with Crippen LogP contribution in [0.2, 0.25) is 5.02 Å². The first-order valence-corrected chi connectivity index (χ1v) is 9.01. The minimum absolute atomic E-state index is 0.101. The first kappa shape index (κ1) is 16.6. The van der Waals surface area contributed by atoms with Crippen LogP contribution >= 0.6 is 11.6 Å². The van der Waals surface area contributed by atoms with Crippen molar-refractivity contribution in [1.82, 2.24) is 14.6 Å². The van der Waals surface area contributed by atoms with E-state index in [2.05, 4.69) is 12.0 Å². The Morgan fingerprint density at radius 3 is 2.46 bits per heavy atom. The summed E-state index contributed by atoms with van der Waals surface area (Å²) in [6.45, 7) is 2.08. The molecule has 0 unspecified atom stereocenters. The first-order chi connectivity index (χ1) is 12.7. The lowest BCUT2D eigenvalue weighted by Crippen LogP contribution is -2.15. The number of fused-ring (bicyclic) bond motifs is 1. The van der Waals surface area contributed by atoms with E-state index in [-0.39, 0.29) is 5.56 Å². The molecule has 5 heteroatoms. The predicted molar refractivity (Wildman–Crippen MR) is 106 cm³/mol. The maximum Gasteiger partial charge on any atom is 0.272 e.